The molecule has 0 spiro atoms. The van der Waals surface area contributed by atoms with Crippen LogP contribution < -0.4 is 0 Å². The molecule has 2 nitrogen and oxygen atoms in total. The quantitative estimate of drug-likeness (QED) is 0.917. The minimum absolute atomic E-state index is 0.298. The van der Waals surface area contributed by atoms with Gasteiger partial charge < -0.3 is 9.67 Å². The highest BCUT2D eigenvalue weighted by Gasteiger charge is 2.11. The van der Waals surface area contributed by atoms with Gasteiger partial charge >= 0.3 is 0 Å². The Morgan fingerprint density at radius 2 is 2.19 bits per heavy atom. The van der Waals surface area contributed by atoms with Crippen LogP contribution in [0.25, 0.3) is 10.9 Å². The van der Waals surface area contributed by atoms with Crippen molar-refractivity contribution in [1.82, 2.24) is 4.57 Å². The molecule has 0 aliphatic rings. The predicted molar refractivity (Wildman–Crippen MR) is 70.7 cm³/mol. The molecule has 0 saturated carbocycles. The van der Waals surface area contributed by atoms with Crippen molar-refractivity contribution in [2.75, 3.05) is 0 Å². The molecule has 2 aromatic rings. The molecule has 0 aliphatic carbocycles. The molecule has 16 heavy (non-hydrogen) atoms. The highest BCUT2D eigenvalue weighted by Crippen LogP contribution is 2.27. The maximum absolute atomic E-state index is 9.50. The van der Waals surface area contributed by atoms with Gasteiger partial charge in [-0.2, -0.15) is 0 Å². The van der Waals surface area contributed by atoms with Crippen molar-refractivity contribution in [1.29, 1.82) is 0 Å². The minimum Gasteiger partial charge on any atom is -0.393 e. The zero-order valence-corrected chi connectivity index (χ0v) is 11.2. The molecule has 0 amide bonds. The van der Waals surface area contributed by atoms with Gasteiger partial charge in [0.25, 0.3) is 0 Å². The molecule has 86 valence electrons. The molecular formula is C13H16BrNO. The summed E-state index contributed by atoms with van der Waals surface area (Å²) in [6.07, 6.45) is 0.406. The maximum atomic E-state index is 9.50. The standard InChI is InChI=1S/C13H16BrNO/c1-3-15-11(7-9(2)16)8-10-5-4-6-12(14)13(10)15/h4-6,8-9,16H,3,7H2,1-2H3. The minimum atomic E-state index is -0.298. The van der Waals surface area contributed by atoms with E-state index in [1.54, 1.807) is 0 Å². The van der Waals surface area contributed by atoms with Gasteiger partial charge in [-0.3, -0.25) is 0 Å². The number of rotatable bonds is 3. The number of halogens is 1. The van der Waals surface area contributed by atoms with Crippen molar-refractivity contribution in [3.05, 3.63) is 34.4 Å². The zero-order valence-electron chi connectivity index (χ0n) is 9.57. The lowest BCUT2D eigenvalue weighted by Gasteiger charge is -2.10. The van der Waals surface area contributed by atoms with Gasteiger partial charge in [-0.1, -0.05) is 12.1 Å². The second kappa shape index (κ2) is 4.60. The average Bonchev–Trinajstić information content (AvgIpc) is 2.55. The Bertz CT molecular complexity index is 502. The molecule has 1 atom stereocenters. The van der Waals surface area contributed by atoms with Crippen molar-refractivity contribution in [2.45, 2.75) is 32.9 Å². The van der Waals surface area contributed by atoms with E-state index in [9.17, 15) is 5.11 Å². The van der Waals surface area contributed by atoms with Crippen molar-refractivity contribution >= 4 is 26.8 Å². The molecule has 1 heterocycles. The summed E-state index contributed by atoms with van der Waals surface area (Å²) in [5.74, 6) is 0. The Hall–Kier alpha value is -0.800. The van der Waals surface area contributed by atoms with E-state index in [0.29, 0.717) is 6.42 Å². The van der Waals surface area contributed by atoms with Crippen LogP contribution in [-0.4, -0.2) is 15.8 Å². The van der Waals surface area contributed by atoms with Crippen LogP contribution in [0.15, 0.2) is 28.7 Å². The van der Waals surface area contributed by atoms with E-state index in [1.165, 1.54) is 16.6 Å². The first-order chi connectivity index (χ1) is 7.63. The Labute approximate surface area is 104 Å². The third-order valence-corrected chi connectivity index (χ3v) is 3.42. The summed E-state index contributed by atoms with van der Waals surface area (Å²) in [5, 5.41) is 10.7. The van der Waals surface area contributed by atoms with Crippen molar-refractivity contribution in [2.24, 2.45) is 0 Å². The molecule has 0 fully saturated rings. The molecule has 1 unspecified atom stereocenters. The van der Waals surface area contributed by atoms with Gasteiger partial charge in [-0.15, -0.1) is 0 Å². The number of fused-ring (bicyclic) bond motifs is 1. The van der Waals surface area contributed by atoms with E-state index in [-0.39, 0.29) is 6.10 Å². The SMILES string of the molecule is CCn1c(CC(C)O)cc2cccc(Br)c21. The average molecular weight is 282 g/mol. The number of nitrogens with zero attached hydrogens (tertiary/aromatic N) is 1. The topological polar surface area (TPSA) is 25.2 Å². The van der Waals surface area contributed by atoms with E-state index in [0.717, 1.165) is 11.0 Å². The number of para-hydroxylation sites is 1. The van der Waals surface area contributed by atoms with Crippen LogP contribution in [0.1, 0.15) is 19.5 Å². The van der Waals surface area contributed by atoms with Crippen LogP contribution in [-0.2, 0) is 13.0 Å². The predicted octanol–water partition coefficient (Wildman–Crippen LogP) is 3.35. The number of aryl methyl sites for hydroxylation is 1. The van der Waals surface area contributed by atoms with Gasteiger partial charge in [0.15, 0.2) is 0 Å². The Balaban J connectivity index is 2.62. The second-order valence-corrected chi connectivity index (χ2v) is 4.97. The smallest absolute Gasteiger partial charge is 0.0626 e. The number of aliphatic hydroxyl groups is 1. The number of hydrogen-bond acceptors (Lipinski definition) is 1. The summed E-state index contributed by atoms with van der Waals surface area (Å²) >= 11 is 3.58. The van der Waals surface area contributed by atoms with Crippen molar-refractivity contribution in [3.63, 3.8) is 0 Å². The Morgan fingerprint density at radius 3 is 2.81 bits per heavy atom. The maximum Gasteiger partial charge on any atom is 0.0626 e. The normalized spacial score (nSPS) is 13.2. The summed E-state index contributed by atoms with van der Waals surface area (Å²) in [6, 6.07) is 8.37. The third-order valence-electron chi connectivity index (χ3n) is 2.78. The lowest BCUT2D eigenvalue weighted by molar-refractivity contribution is 0.193. The van der Waals surface area contributed by atoms with Crippen LogP contribution in [0.5, 0.6) is 0 Å². The fraction of sp³-hybridized carbons (Fsp3) is 0.385. The summed E-state index contributed by atoms with van der Waals surface area (Å²) in [5.41, 5.74) is 2.42. The first-order valence-electron chi connectivity index (χ1n) is 5.58. The Morgan fingerprint density at radius 1 is 1.44 bits per heavy atom. The molecule has 3 heteroatoms. The first-order valence-corrected chi connectivity index (χ1v) is 6.37. The van der Waals surface area contributed by atoms with E-state index in [4.69, 9.17) is 0 Å². The van der Waals surface area contributed by atoms with E-state index in [2.05, 4.69) is 45.6 Å². The number of benzene rings is 1. The van der Waals surface area contributed by atoms with Gasteiger partial charge in [-0.25, -0.2) is 0 Å². The highest BCUT2D eigenvalue weighted by atomic mass is 79.9. The molecule has 0 aliphatic heterocycles. The van der Waals surface area contributed by atoms with E-state index >= 15 is 0 Å². The number of hydrogen-bond donors (Lipinski definition) is 1. The van der Waals surface area contributed by atoms with Crippen LogP contribution in [0.3, 0.4) is 0 Å². The molecule has 1 aromatic heterocycles. The van der Waals surface area contributed by atoms with Gasteiger partial charge in [-0.05, 0) is 41.9 Å². The Kier molecular flexibility index (Phi) is 3.36. The third kappa shape index (κ3) is 2.02. The summed E-state index contributed by atoms with van der Waals surface area (Å²) in [4.78, 5) is 0. The van der Waals surface area contributed by atoms with Crippen molar-refractivity contribution < 1.29 is 5.11 Å². The summed E-state index contributed by atoms with van der Waals surface area (Å²) in [6.45, 7) is 4.88. The summed E-state index contributed by atoms with van der Waals surface area (Å²) in [7, 11) is 0. The molecule has 1 aromatic carbocycles. The lowest BCUT2D eigenvalue weighted by atomic mass is 10.2. The largest absolute Gasteiger partial charge is 0.393 e. The fourth-order valence-corrected chi connectivity index (χ4v) is 2.76. The van der Waals surface area contributed by atoms with E-state index in [1.807, 2.05) is 13.0 Å². The molecular weight excluding hydrogens is 266 g/mol. The lowest BCUT2D eigenvalue weighted by Crippen LogP contribution is -2.09. The number of aliphatic hydroxyl groups excluding tert-OH is 1. The van der Waals surface area contributed by atoms with Crippen LogP contribution >= 0.6 is 15.9 Å². The van der Waals surface area contributed by atoms with Gasteiger partial charge in [0.2, 0.25) is 0 Å². The van der Waals surface area contributed by atoms with Crippen molar-refractivity contribution in [3.8, 4) is 0 Å². The molecule has 1 N–H and O–H groups in total. The van der Waals surface area contributed by atoms with Gasteiger partial charge in [0.1, 0.15) is 0 Å². The number of aromatic nitrogens is 1. The monoisotopic (exact) mass is 281 g/mol. The second-order valence-electron chi connectivity index (χ2n) is 4.11. The van der Waals surface area contributed by atoms with Gasteiger partial charge in [0, 0.05) is 28.5 Å². The summed E-state index contributed by atoms with van der Waals surface area (Å²) < 4.78 is 3.37. The van der Waals surface area contributed by atoms with Gasteiger partial charge in [0.05, 0.1) is 11.6 Å². The van der Waals surface area contributed by atoms with Crippen LogP contribution in [0.4, 0.5) is 0 Å². The fourth-order valence-electron chi connectivity index (χ4n) is 2.17. The molecule has 2 rings (SSSR count). The zero-order chi connectivity index (χ0) is 11.7. The van der Waals surface area contributed by atoms with E-state index < -0.39 is 0 Å². The van der Waals surface area contributed by atoms with Crippen LogP contribution in [0, 0.1) is 0 Å². The first kappa shape index (κ1) is 11.7. The molecule has 0 radical (unpaired) electrons. The highest BCUT2D eigenvalue weighted by molar-refractivity contribution is 9.10. The molecule has 0 bridgehead atoms. The van der Waals surface area contributed by atoms with Crippen LogP contribution in [0.2, 0.25) is 0 Å². The molecule has 0 saturated heterocycles.